The highest BCUT2D eigenvalue weighted by Gasteiger charge is 2.33. The van der Waals surface area contributed by atoms with Crippen LogP contribution in [-0.4, -0.2) is 25.8 Å². The Bertz CT molecular complexity index is 1400. The Kier molecular flexibility index (Phi) is 6.99. The Balaban J connectivity index is 1.65. The summed E-state index contributed by atoms with van der Waals surface area (Å²) in [5, 5.41) is 0.0137. The quantitative estimate of drug-likeness (QED) is 0.225. The number of para-hydroxylation sites is 1. The number of anilines is 1. The van der Waals surface area contributed by atoms with Gasteiger partial charge < -0.3 is 8.92 Å². The summed E-state index contributed by atoms with van der Waals surface area (Å²) in [5.74, 6) is -0.301. The highest BCUT2D eigenvalue weighted by molar-refractivity contribution is 8.27. The fraction of sp³-hybridized carbons (Fsp3) is 0.0833. The van der Waals surface area contributed by atoms with Gasteiger partial charge >= 0.3 is 10.1 Å². The van der Waals surface area contributed by atoms with Crippen LogP contribution in [-0.2, 0) is 14.9 Å². The molecule has 0 saturated carbocycles. The molecule has 34 heavy (non-hydrogen) atoms. The number of thioether (sulfide) groups is 1. The Morgan fingerprint density at radius 3 is 2.38 bits per heavy atom. The van der Waals surface area contributed by atoms with Crippen LogP contribution in [0.3, 0.4) is 0 Å². The summed E-state index contributed by atoms with van der Waals surface area (Å²) >= 11 is 12.9. The molecule has 1 saturated heterocycles. The second kappa shape index (κ2) is 9.79. The van der Waals surface area contributed by atoms with Crippen LogP contribution in [0, 0.1) is 6.92 Å². The van der Waals surface area contributed by atoms with Gasteiger partial charge in [0.1, 0.15) is 4.90 Å². The highest BCUT2D eigenvalue weighted by atomic mass is 35.5. The summed E-state index contributed by atoms with van der Waals surface area (Å²) in [5.41, 5.74) is 2.11. The van der Waals surface area contributed by atoms with Crippen LogP contribution in [0.5, 0.6) is 11.5 Å². The Labute approximate surface area is 212 Å². The Morgan fingerprint density at radius 1 is 1.06 bits per heavy atom. The molecule has 4 rings (SSSR count). The second-order valence-electron chi connectivity index (χ2n) is 7.24. The third-order valence-corrected chi connectivity index (χ3v) is 7.68. The number of carbonyl (C=O) groups excluding carboxylic acids is 1. The van der Waals surface area contributed by atoms with Crippen molar-refractivity contribution in [1.82, 2.24) is 0 Å². The molecule has 1 fully saturated rings. The first-order valence-corrected chi connectivity index (χ1v) is 12.9. The van der Waals surface area contributed by atoms with Crippen LogP contribution in [0.15, 0.2) is 76.5 Å². The summed E-state index contributed by atoms with van der Waals surface area (Å²) in [6.07, 6.45) is 1.62. The number of nitrogens with zero attached hydrogens (tertiary/aromatic N) is 1. The lowest BCUT2D eigenvalue weighted by molar-refractivity contribution is -0.113. The molecule has 0 bridgehead atoms. The maximum absolute atomic E-state index is 13.0. The smallest absolute Gasteiger partial charge is 0.339 e. The van der Waals surface area contributed by atoms with Crippen molar-refractivity contribution in [3.63, 3.8) is 0 Å². The van der Waals surface area contributed by atoms with Gasteiger partial charge in [-0.1, -0.05) is 71.5 Å². The molecule has 3 aromatic carbocycles. The van der Waals surface area contributed by atoms with Crippen molar-refractivity contribution in [3.8, 4) is 11.5 Å². The number of methoxy groups -OCH3 is 1. The number of thiocarbonyl (C=S) groups is 1. The van der Waals surface area contributed by atoms with Gasteiger partial charge in [0.25, 0.3) is 5.91 Å². The molecule has 0 spiro atoms. The van der Waals surface area contributed by atoms with Crippen molar-refractivity contribution in [2.24, 2.45) is 0 Å². The zero-order valence-electron chi connectivity index (χ0n) is 18.0. The fourth-order valence-corrected chi connectivity index (χ4v) is 5.74. The number of halogens is 1. The Morgan fingerprint density at radius 2 is 1.74 bits per heavy atom. The van der Waals surface area contributed by atoms with Gasteiger partial charge in [-0.15, -0.1) is 0 Å². The van der Waals surface area contributed by atoms with Crippen molar-refractivity contribution in [3.05, 3.63) is 87.8 Å². The molecule has 0 aliphatic carbocycles. The first-order valence-electron chi connectivity index (χ1n) is 9.91. The third-order valence-electron chi connectivity index (χ3n) is 4.86. The van der Waals surface area contributed by atoms with E-state index in [-0.39, 0.29) is 27.3 Å². The number of rotatable bonds is 6. The van der Waals surface area contributed by atoms with Crippen molar-refractivity contribution in [1.29, 1.82) is 0 Å². The number of benzene rings is 3. The molecular formula is C24H18ClNO5S3. The first-order chi connectivity index (χ1) is 16.2. The molecule has 1 heterocycles. The molecule has 174 valence electrons. The van der Waals surface area contributed by atoms with E-state index >= 15 is 0 Å². The lowest BCUT2D eigenvalue weighted by Gasteiger charge is -2.14. The molecule has 0 atom stereocenters. The lowest BCUT2D eigenvalue weighted by Crippen LogP contribution is -2.27. The van der Waals surface area contributed by atoms with Crippen molar-refractivity contribution < 1.29 is 22.1 Å². The van der Waals surface area contributed by atoms with Crippen molar-refractivity contribution >= 4 is 67.7 Å². The average molecular weight is 532 g/mol. The number of aryl methyl sites for hydroxylation is 1. The Hall–Kier alpha value is -2.85. The molecule has 6 nitrogen and oxygen atoms in total. The van der Waals surface area contributed by atoms with Gasteiger partial charge in [0.2, 0.25) is 5.75 Å². The van der Waals surface area contributed by atoms with Gasteiger partial charge in [0.15, 0.2) is 10.1 Å². The SMILES string of the molecule is COc1cc(/C=C2/SC(=S)N(c3ccccc3)C2=O)cc(Cl)c1OS(=O)(=O)c1ccc(C)cc1. The topological polar surface area (TPSA) is 72.9 Å². The standard InChI is InChI=1S/C24H18ClNO5S3/c1-15-8-10-18(11-9-15)34(28,29)31-22-19(25)12-16(13-20(22)30-2)14-21-23(27)26(24(32)33-21)17-6-4-3-5-7-17/h3-14H,1-2H3/b21-14+. The minimum Gasteiger partial charge on any atom is -0.493 e. The maximum atomic E-state index is 13.0. The van der Waals surface area contributed by atoms with E-state index in [4.69, 9.17) is 32.7 Å². The third kappa shape index (κ3) is 4.97. The molecule has 3 aromatic rings. The van der Waals surface area contributed by atoms with Crippen LogP contribution in [0.2, 0.25) is 5.02 Å². The molecule has 1 amide bonds. The van der Waals surface area contributed by atoms with E-state index in [9.17, 15) is 13.2 Å². The van der Waals surface area contributed by atoms with Gasteiger partial charge in [-0.05, 0) is 55.0 Å². The lowest BCUT2D eigenvalue weighted by atomic mass is 10.1. The normalized spacial score (nSPS) is 15.1. The summed E-state index contributed by atoms with van der Waals surface area (Å²) in [6, 6.07) is 18.4. The second-order valence-corrected chi connectivity index (χ2v) is 10.9. The zero-order chi connectivity index (χ0) is 24.5. The van der Waals surface area contributed by atoms with E-state index < -0.39 is 10.1 Å². The molecular weight excluding hydrogens is 514 g/mol. The number of carbonyl (C=O) groups is 1. The minimum absolute atomic E-state index is 0.00937. The van der Waals surface area contributed by atoms with Crippen LogP contribution in [0.1, 0.15) is 11.1 Å². The van der Waals surface area contributed by atoms with Crippen LogP contribution < -0.4 is 13.8 Å². The minimum atomic E-state index is -4.14. The predicted octanol–water partition coefficient (Wildman–Crippen LogP) is 5.83. The van der Waals surface area contributed by atoms with Gasteiger partial charge in [-0.2, -0.15) is 8.42 Å². The van der Waals surface area contributed by atoms with E-state index in [2.05, 4.69) is 0 Å². The zero-order valence-corrected chi connectivity index (χ0v) is 21.2. The van der Waals surface area contributed by atoms with E-state index in [0.717, 1.165) is 17.3 Å². The van der Waals surface area contributed by atoms with Crippen LogP contribution in [0.25, 0.3) is 6.08 Å². The molecule has 1 aliphatic heterocycles. The number of hydrogen-bond acceptors (Lipinski definition) is 7. The molecule has 10 heteroatoms. The average Bonchev–Trinajstić information content (AvgIpc) is 3.08. The van der Waals surface area contributed by atoms with Gasteiger partial charge in [0, 0.05) is 0 Å². The summed E-state index contributed by atoms with van der Waals surface area (Å²) in [6.45, 7) is 1.85. The maximum Gasteiger partial charge on any atom is 0.339 e. The van der Waals surface area contributed by atoms with E-state index in [0.29, 0.717) is 20.5 Å². The van der Waals surface area contributed by atoms with Gasteiger partial charge in [-0.3, -0.25) is 9.69 Å². The molecule has 0 unspecified atom stereocenters. The van der Waals surface area contributed by atoms with Gasteiger partial charge in [-0.25, -0.2) is 0 Å². The summed E-state index contributed by atoms with van der Waals surface area (Å²) in [7, 11) is -2.77. The largest absolute Gasteiger partial charge is 0.493 e. The van der Waals surface area contributed by atoms with E-state index in [1.54, 1.807) is 36.4 Å². The molecule has 0 radical (unpaired) electrons. The number of ether oxygens (including phenoxy) is 1. The van der Waals surface area contributed by atoms with Gasteiger partial charge in [0.05, 0.1) is 22.7 Å². The summed E-state index contributed by atoms with van der Waals surface area (Å²) in [4.78, 5) is 14.8. The van der Waals surface area contributed by atoms with E-state index in [1.807, 2.05) is 25.1 Å². The predicted molar refractivity (Wildman–Crippen MR) is 139 cm³/mol. The van der Waals surface area contributed by atoms with Crippen LogP contribution in [0.4, 0.5) is 5.69 Å². The highest BCUT2D eigenvalue weighted by Crippen LogP contribution is 2.41. The van der Waals surface area contributed by atoms with E-state index in [1.165, 1.54) is 30.2 Å². The molecule has 0 N–H and O–H groups in total. The molecule has 0 aromatic heterocycles. The number of amides is 1. The van der Waals surface area contributed by atoms with Crippen molar-refractivity contribution in [2.45, 2.75) is 11.8 Å². The van der Waals surface area contributed by atoms with Crippen LogP contribution >= 0.6 is 35.6 Å². The monoisotopic (exact) mass is 531 g/mol. The number of hydrogen-bond donors (Lipinski definition) is 0. The van der Waals surface area contributed by atoms with Crippen molar-refractivity contribution in [2.75, 3.05) is 12.0 Å². The summed E-state index contributed by atoms with van der Waals surface area (Å²) < 4.78 is 36.5. The first kappa shape index (κ1) is 24.3. The fourth-order valence-electron chi connectivity index (χ4n) is 3.19. The molecule has 1 aliphatic rings.